The molecule has 5 heteroatoms. The molecule has 4 nitrogen and oxygen atoms in total. The van der Waals surface area contributed by atoms with E-state index in [4.69, 9.17) is 4.84 Å². The second kappa shape index (κ2) is 5.08. The van der Waals surface area contributed by atoms with Gasteiger partial charge in [-0.05, 0) is 6.26 Å². The molecule has 0 saturated carbocycles. The molecular weight excluding hydrogens is 174 g/mol. The first-order chi connectivity index (χ1) is 5.86. The van der Waals surface area contributed by atoms with Crippen molar-refractivity contribution >= 4 is 11.8 Å². The number of rotatable bonds is 4. The van der Waals surface area contributed by atoms with Crippen LogP contribution in [-0.2, 0) is 11.4 Å². The summed E-state index contributed by atoms with van der Waals surface area (Å²) in [6.07, 6.45) is 5.51. The van der Waals surface area contributed by atoms with Crippen molar-refractivity contribution in [1.29, 1.82) is 0 Å². The summed E-state index contributed by atoms with van der Waals surface area (Å²) in [4.78, 5) is 12.9. The topological polar surface area (TPSA) is 47.0 Å². The Kier molecular flexibility index (Phi) is 3.99. The lowest BCUT2D eigenvalue weighted by atomic mass is 10.3. The maximum absolute atomic E-state index is 4.69. The van der Waals surface area contributed by atoms with E-state index in [-0.39, 0.29) is 0 Å². The molecule has 0 spiro atoms. The minimum Gasteiger partial charge on any atom is -0.305 e. The fourth-order valence-corrected chi connectivity index (χ4v) is 1.01. The summed E-state index contributed by atoms with van der Waals surface area (Å²) in [6, 6.07) is 0. The fourth-order valence-electron chi connectivity index (χ4n) is 0.695. The molecule has 0 saturated heterocycles. The predicted octanol–water partition coefficient (Wildman–Crippen LogP) is 0.849. The molecule has 12 heavy (non-hydrogen) atoms. The van der Waals surface area contributed by atoms with Crippen LogP contribution in [0, 0.1) is 0 Å². The van der Waals surface area contributed by atoms with Crippen LogP contribution in [-0.4, -0.2) is 23.3 Å². The van der Waals surface area contributed by atoms with Crippen molar-refractivity contribution in [2.24, 2.45) is 0 Å². The summed E-state index contributed by atoms with van der Waals surface area (Å²) in [5.74, 6) is 0. The molecular formula is C7H11N3OS. The molecule has 0 atom stereocenters. The van der Waals surface area contributed by atoms with Crippen molar-refractivity contribution in [1.82, 2.24) is 15.4 Å². The average Bonchev–Trinajstić information content (AvgIpc) is 2.15. The van der Waals surface area contributed by atoms with E-state index in [1.54, 1.807) is 19.5 Å². The maximum Gasteiger partial charge on any atom is 0.187 e. The van der Waals surface area contributed by atoms with Gasteiger partial charge in [-0.25, -0.2) is 9.97 Å². The van der Waals surface area contributed by atoms with Crippen molar-refractivity contribution < 1.29 is 4.84 Å². The third kappa shape index (κ3) is 2.77. The third-order valence-electron chi connectivity index (χ3n) is 1.28. The monoisotopic (exact) mass is 185 g/mol. The Labute approximate surface area is 75.7 Å². The van der Waals surface area contributed by atoms with Crippen LogP contribution in [0.1, 0.15) is 5.56 Å². The molecule has 0 bridgehead atoms. The summed E-state index contributed by atoms with van der Waals surface area (Å²) in [6.45, 7) is 0.630. The number of aromatic nitrogens is 2. The second-order valence-corrected chi connectivity index (χ2v) is 2.88. The first kappa shape index (κ1) is 9.44. The highest BCUT2D eigenvalue weighted by molar-refractivity contribution is 7.98. The lowest BCUT2D eigenvalue weighted by molar-refractivity contribution is 0.0865. The molecule has 0 radical (unpaired) electrons. The quantitative estimate of drug-likeness (QED) is 0.428. The number of thioether (sulfide) groups is 1. The summed E-state index contributed by atoms with van der Waals surface area (Å²) >= 11 is 1.53. The molecule has 1 rings (SSSR count). The molecule has 0 fully saturated rings. The summed E-state index contributed by atoms with van der Waals surface area (Å²) in [5, 5.41) is 0.788. The van der Waals surface area contributed by atoms with Crippen LogP contribution in [0.3, 0.4) is 0 Å². The predicted molar refractivity (Wildman–Crippen MR) is 47.7 cm³/mol. The highest BCUT2D eigenvalue weighted by atomic mass is 32.2. The molecule has 0 unspecified atom stereocenters. The minimum absolute atomic E-state index is 0.630. The van der Waals surface area contributed by atoms with E-state index in [0.717, 1.165) is 10.7 Å². The molecule has 66 valence electrons. The lowest BCUT2D eigenvalue weighted by Gasteiger charge is -2.00. The van der Waals surface area contributed by atoms with Gasteiger partial charge in [0.15, 0.2) is 5.16 Å². The molecule has 0 amide bonds. The highest BCUT2D eigenvalue weighted by Gasteiger charge is 1.94. The van der Waals surface area contributed by atoms with Crippen LogP contribution in [0.5, 0.6) is 0 Å². The van der Waals surface area contributed by atoms with Gasteiger partial charge in [0, 0.05) is 24.5 Å². The molecule has 0 aliphatic rings. The average molecular weight is 185 g/mol. The standard InChI is InChI=1S/C7H11N3OS/c1-11-10-5-6-3-8-7(12-2)9-4-6/h3-4,10H,5H2,1-2H3. The number of nitrogens with zero attached hydrogens (tertiary/aromatic N) is 2. The second-order valence-electron chi connectivity index (χ2n) is 2.10. The van der Waals surface area contributed by atoms with Gasteiger partial charge in [-0.2, -0.15) is 5.48 Å². The number of hydrogen-bond acceptors (Lipinski definition) is 5. The Morgan fingerprint density at radius 3 is 2.67 bits per heavy atom. The Bertz CT molecular complexity index is 227. The van der Waals surface area contributed by atoms with Gasteiger partial charge in [0.1, 0.15) is 0 Å². The molecule has 0 aliphatic heterocycles. The molecule has 1 aromatic heterocycles. The number of nitrogens with one attached hydrogen (secondary N) is 1. The van der Waals surface area contributed by atoms with E-state index in [1.807, 2.05) is 6.26 Å². The van der Waals surface area contributed by atoms with Gasteiger partial charge in [0.25, 0.3) is 0 Å². The van der Waals surface area contributed by atoms with Crippen LogP contribution in [0.4, 0.5) is 0 Å². The van der Waals surface area contributed by atoms with Gasteiger partial charge >= 0.3 is 0 Å². The molecule has 0 aromatic carbocycles. The Morgan fingerprint density at radius 2 is 2.17 bits per heavy atom. The van der Waals surface area contributed by atoms with Gasteiger partial charge in [-0.3, -0.25) is 0 Å². The molecule has 1 N–H and O–H groups in total. The van der Waals surface area contributed by atoms with Crippen molar-refractivity contribution in [3.8, 4) is 0 Å². The van der Waals surface area contributed by atoms with E-state index >= 15 is 0 Å². The largest absolute Gasteiger partial charge is 0.305 e. The van der Waals surface area contributed by atoms with Gasteiger partial charge in [0.05, 0.1) is 7.11 Å². The first-order valence-corrected chi connectivity index (χ1v) is 4.70. The van der Waals surface area contributed by atoms with Crippen molar-refractivity contribution in [2.45, 2.75) is 11.7 Å². The SMILES string of the molecule is CONCc1cnc(SC)nc1. The van der Waals surface area contributed by atoms with Crippen LogP contribution in [0.25, 0.3) is 0 Å². The lowest BCUT2D eigenvalue weighted by Crippen LogP contribution is -2.11. The summed E-state index contributed by atoms with van der Waals surface area (Å²) in [5.41, 5.74) is 3.72. The number of hydroxylamine groups is 1. The van der Waals surface area contributed by atoms with Gasteiger partial charge in [-0.1, -0.05) is 11.8 Å². The van der Waals surface area contributed by atoms with Gasteiger partial charge in [0.2, 0.25) is 0 Å². The fraction of sp³-hybridized carbons (Fsp3) is 0.429. The minimum atomic E-state index is 0.630. The normalized spacial score (nSPS) is 10.2. The zero-order chi connectivity index (χ0) is 8.81. The van der Waals surface area contributed by atoms with Crippen molar-refractivity contribution in [3.63, 3.8) is 0 Å². The van der Waals surface area contributed by atoms with Crippen LogP contribution in [0.2, 0.25) is 0 Å². The Hall–Kier alpha value is -0.650. The van der Waals surface area contributed by atoms with E-state index in [0.29, 0.717) is 6.54 Å². The van der Waals surface area contributed by atoms with Crippen LogP contribution < -0.4 is 5.48 Å². The maximum atomic E-state index is 4.69. The third-order valence-corrected chi connectivity index (χ3v) is 1.86. The van der Waals surface area contributed by atoms with Crippen molar-refractivity contribution in [3.05, 3.63) is 18.0 Å². The highest BCUT2D eigenvalue weighted by Crippen LogP contribution is 2.06. The van der Waals surface area contributed by atoms with Crippen LogP contribution in [0.15, 0.2) is 17.6 Å². The van der Waals surface area contributed by atoms with Crippen molar-refractivity contribution in [2.75, 3.05) is 13.4 Å². The summed E-state index contributed by atoms with van der Waals surface area (Å²) < 4.78 is 0. The smallest absolute Gasteiger partial charge is 0.187 e. The van der Waals surface area contributed by atoms with E-state index in [1.165, 1.54) is 11.8 Å². The molecule has 0 aliphatic carbocycles. The first-order valence-electron chi connectivity index (χ1n) is 3.47. The zero-order valence-electron chi connectivity index (χ0n) is 7.07. The molecule has 1 aromatic rings. The van der Waals surface area contributed by atoms with Gasteiger partial charge < -0.3 is 4.84 Å². The Morgan fingerprint density at radius 1 is 1.50 bits per heavy atom. The summed E-state index contributed by atoms with van der Waals surface area (Å²) in [7, 11) is 1.58. The van der Waals surface area contributed by atoms with E-state index < -0.39 is 0 Å². The molecule has 1 heterocycles. The van der Waals surface area contributed by atoms with E-state index in [2.05, 4.69) is 15.4 Å². The number of hydrogen-bond donors (Lipinski definition) is 1. The van der Waals surface area contributed by atoms with Gasteiger partial charge in [-0.15, -0.1) is 0 Å². The Balaban J connectivity index is 2.53. The zero-order valence-corrected chi connectivity index (χ0v) is 7.89. The van der Waals surface area contributed by atoms with E-state index in [9.17, 15) is 0 Å². The van der Waals surface area contributed by atoms with Crippen LogP contribution >= 0.6 is 11.8 Å².